The van der Waals surface area contributed by atoms with E-state index in [2.05, 4.69) is 5.32 Å². The van der Waals surface area contributed by atoms with Crippen LogP contribution in [0.2, 0.25) is 0 Å². The van der Waals surface area contributed by atoms with Gasteiger partial charge in [0.1, 0.15) is 5.75 Å². The molecule has 0 spiro atoms. The van der Waals surface area contributed by atoms with E-state index >= 15 is 0 Å². The van der Waals surface area contributed by atoms with Crippen molar-refractivity contribution in [2.45, 2.75) is 26.4 Å². The van der Waals surface area contributed by atoms with Crippen LogP contribution in [0, 0.1) is 0 Å². The highest BCUT2D eigenvalue weighted by Crippen LogP contribution is 2.22. The number of rotatable bonds is 9. The van der Waals surface area contributed by atoms with Crippen LogP contribution >= 0.6 is 0 Å². The average Bonchev–Trinajstić information content (AvgIpc) is 2.71. The van der Waals surface area contributed by atoms with Gasteiger partial charge in [-0.1, -0.05) is 13.0 Å². The SMILES string of the molecule is CCOC(=O)c1cccc(NC(=O)[C@H](CC)Oc2ccc(N(C)S(C)(=O)=O)cc2)c1. The summed E-state index contributed by atoms with van der Waals surface area (Å²) in [4.78, 5) is 24.5. The van der Waals surface area contributed by atoms with Gasteiger partial charge >= 0.3 is 5.97 Å². The van der Waals surface area contributed by atoms with Gasteiger partial charge in [0.15, 0.2) is 6.10 Å². The molecule has 0 heterocycles. The van der Waals surface area contributed by atoms with Gasteiger partial charge in [-0.05, 0) is 55.8 Å². The van der Waals surface area contributed by atoms with E-state index in [1.165, 1.54) is 7.05 Å². The normalized spacial score (nSPS) is 12.0. The van der Waals surface area contributed by atoms with Crippen LogP contribution in [0.4, 0.5) is 11.4 Å². The van der Waals surface area contributed by atoms with Crippen LogP contribution in [-0.4, -0.2) is 46.3 Å². The first-order valence-corrected chi connectivity index (χ1v) is 11.3. The molecule has 2 aromatic carbocycles. The zero-order valence-corrected chi connectivity index (χ0v) is 18.2. The highest BCUT2D eigenvalue weighted by Gasteiger charge is 2.20. The molecule has 2 rings (SSSR count). The average molecular weight is 435 g/mol. The predicted octanol–water partition coefficient (Wildman–Crippen LogP) is 3.06. The molecule has 0 unspecified atom stereocenters. The molecule has 0 aromatic heterocycles. The summed E-state index contributed by atoms with van der Waals surface area (Å²) in [5.41, 5.74) is 1.28. The number of carbonyl (C=O) groups is 2. The molecule has 9 heteroatoms. The van der Waals surface area contributed by atoms with Gasteiger partial charge in [-0.2, -0.15) is 0 Å². The molecule has 1 atom stereocenters. The van der Waals surface area contributed by atoms with Crippen LogP contribution in [0.3, 0.4) is 0 Å². The van der Waals surface area contributed by atoms with Gasteiger partial charge in [0.05, 0.1) is 24.1 Å². The summed E-state index contributed by atoms with van der Waals surface area (Å²) in [6.45, 7) is 3.80. The molecule has 0 saturated carbocycles. The summed E-state index contributed by atoms with van der Waals surface area (Å²) in [5, 5.41) is 2.74. The van der Waals surface area contributed by atoms with Gasteiger partial charge in [0, 0.05) is 12.7 Å². The number of sulfonamides is 1. The Bertz CT molecular complexity index is 989. The number of carbonyl (C=O) groups excluding carboxylic acids is 2. The van der Waals surface area contributed by atoms with Gasteiger partial charge in [-0.25, -0.2) is 13.2 Å². The van der Waals surface area contributed by atoms with Crippen molar-refractivity contribution in [3.05, 3.63) is 54.1 Å². The van der Waals surface area contributed by atoms with Gasteiger partial charge in [0.25, 0.3) is 5.91 Å². The molecule has 8 nitrogen and oxygen atoms in total. The molecule has 0 aliphatic carbocycles. The molecular weight excluding hydrogens is 408 g/mol. The number of amides is 1. The zero-order valence-electron chi connectivity index (χ0n) is 17.4. The highest BCUT2D eigenvalue weighted by molar-refractivity contribution is 7.92. The maximum absolute atomic E-state index is 12.6. The van der Waals surface area contributed by atoms with E-state index in [1.54, 1.807) is 55.5 Å². The Morgan fingerprint density at radius 2 is 1.77 bits per heavy atom. The lowest BCUT2D eigenvalue weighted by atomic mass is 10.2. The topological polar surface area (TPSA) is 102 Å². The van der Waals surface area contributed by atoms with Crippen molar-refractivity contribution in [2.24, 2.45) is 0 Å². The largest absolute Gasteiger partial charge is 0.481 e. The first-order valence-electron chi connectivity index (χ1n) is 9.44. The van der Waals surface area contributed by atoms with Crippen molar-refractivity contribution in [2.75, 3.05) is 29.5 Å². The van der Waals surface area contributed by atoms with Crippen LogP contribution in [0.15, 0.2) is 48.5 Å². The number of hydrogen-bond acceptors (Lipinski definition) is 6. The number of esters is 1. The number of anilines is 2. The Kier molecular flexibility index (Phi) is 7.82. The molecule has 2 aromatic rings. The third-order valence-electron chi connectivity index (χ3n) is 4.28. The molecule has 0 saturated heterocycles. The third-order valence-corrected chi connectivity index (χ3v) is 5.49. The van der Waals surface area contributed by atoms with Crippen LogP contribution in [0.5, 0.6) is 5.75 Å². The van der Waals surface area contributed by atoms with Crippen molar-refractivity contribution in [1.29, 1.82) is 0 Å². The Morgan fingerprint density at radius 3 is 2.33 bits per heavy atom. The molecule has 0 fully saturated rings. The van der Waals surface area contributed by atoms with Gasteiger partial charge < -0.3 is 14.8 Å². The second-order valence-corrected chi connectivity index (χ2v) is 8.54. The fourth-order valence-corrected chi connectivity index (χ4v) is 3.08. The summed E-state index contributed by atoms with van der Waals surface area (Å²) < 4.78 is 35.1. The quantitative estimate of drug-likeness (QED) is 0.609. The molecule has 162 valence electrons. The molecule has 1 amide bonds. The van der Waals surface area contributed by atoms with Crippen LogP contribution in [0.25, 0.3) is 0 Å². The summed E-state index contributed by atoms with van der Waals surface area (Å²) in [7, 11) is -1.91. The lowest BCUT2D eigenvalue weighted by Crippen LogP contribution is -2.32. The van der Waals surface area contributed by atoms with Gasteiger partial charge in [-0.15, -0.1) is 0 Å². The fraction of sp³-hybridized carbons (Fsp3) is 0.333. The molecule has 30 heavy (non-hydrogen) atoms. The molecule has 0 aliphatic heterocycles. The Balaban J connectivity index is 2.07. The smallest absolute Gasteiger partial charge is 0.338 e. The van der Waals surface area contributed by atoms with Crippen LogP contribution in [0.1, 0.15) is 30.6 Å². The Labute approximate surface area is 176 Å². The minimum absolute atomic E-state index is 0.264. The number of hydrogen-bond donors (Lipinski definition) is 1. The second-order valence-electron chi connectivity index (χ2n) is 6.53. The van der Waals surface area contributed by atoms with Gasteiger partial charge in [-0.3, -0.25) is 9.10 Å². The summed E-state index contributed by atoms with van der Waals surface area (Å²) >= 11 is 0. The highest BCUT2D eigenvalue weighted by atomic mass is 32.2. The molecular formula is C21H26N2O6S. The van der Waals surface area contributed by atoms with E-state index < -0.39 is 22.1 Å². The van der Waals surface area contributed by atoms with Crippen molar-refractivity contribution >= 4 is 33.3 Å². The molecule has 0 bridgehead atoms. The number of ether oxygens (including phenoxy) is 2. The van der Waals surface area contributed by atoms with Crippen molar-refractivity contribution < 1.29 is 27.5 Å². The lowest BCUT2D eigenvalue weighted by Gasteiger charge is -2.19. The first kappa shape index (κ1) is 23.2. The zero-order chi connectivity index (χ0) is 22.3. The van der Waals surface area contributed by atoms with Crippen LogP contribution in [-0.2, 0) is 19.6 Å². The standard InChI is InChI=1S/C21H26N2O6S/c1-5-19(29-18-12-10-17(11-13-18)23(3)30(4,26)27)20(24)22-16-9-7-8-15(14-16)21(25)28-6-2/h7-14,19H,5-6H2,1-4H3,(H,22,24)/t19-/m0/s1. The number of benzene rings is 2. The Morgan fingerprint density at radius 1 is 1.10 bits per heavy atom. The van der Waals surface area contributed by atoms with E-state index in [0.717, 1.165) is 10.6 Å². The van der Waals surface area contributed by atoms with E-state index in [4.69, 9.17) is 9.47 Å². The van der Waals surface area contributed by atoms with Crippen molar-refractivity contribution in [3.63, 3.8) is 0 Å². The lowest BCUT2D eigenvalue weighted by molar-refractivity contribution is -0.122. The van der Waals surface area contributed by atoms with E-state index in [1.807, 2.05) is 6.92 Å². The minimum atomic E-state index is -3.36. The minimum Gasteiger partial charge on any atom is -0.481 e. The Hall–Kier alpha value is -3.07. The molecule has 0 radical (unpaired) electrons. The molecule has 0 aliphatic rings. The molecule has 1 N–H and O–H groups in total. The van der Waals surface area contributed by atoms with E-state index in [9.17, 15) is 18.0 Å². The predicted molar refractivity (Wildman–Crippen MR) is 115 cm³/mol. The summed E-state index contributed by atoms with van der Waals surface area (Å²) in [5.74, 6) is -0.394. The number of nitrogens with one attached hydrogen (secondary N) is 1. The monoisotopic (exact) mass is 434 g/mol. The van der Waals surface area contributed by atoms with E-state index in [-0.39, 0.29) is 12.5 Å². The van der Waals surface area contributed by atoms with Crippen molar-refractivity contribution in [1.82, 2.24) is 0 Å². The van der Waals surface area contributed by atoms with Crippen LogP contribution < -0.4 is 14.4 Å². The summed E-state index contributed by atoms with van der Waals surface area (Å²) in [6.07, 6.45) is 0.759. The van der Waals surface area contributed by atoms with E-state index in [0.29, 0.717) is 29.1 Å². The van der Waals surface area contributed by atoms with Gasteiger partial charge in [0.2, 0.25) is 10.0 Å². The fourth-order valence-electron chi connectivity index (χ4n) is 2.57. The maximum atomic E-state index is 12.6. The second kappa shape index (κ2) is 10.1. The van der Waals surface area contributed by atoms with Crippen molar-refractivity contribution in [3.8, 4) is 5.75 Å². The number of nitrogens with zero attached hydrogens (tertiary/aromatic N) is 1. The maximum Gasteiger partial charge on any atom is 0.338 e. The third kappa shape index (κ3) is 6.21. The first-order chi connectivity index (χ1) is 14.2. The summed E-state index contributed by atoms with van der Waals surface area (Å²) in [6, 6.07) is 12.9.